The summed E-state index contributed by atoms with van der Waals surface area (Å²) in [7, 11) is -0.198. The Morgan fingerprint density at radius 1 is 0.667 bits per heavy atom. The minimum Gasteiger partial charge on any atom is -0.493 e. The third-order valence-corrected chi connectivity index (χ3v) is 13.7. The summed E-state index contributed by atoms with van der Waals surface area (Å²) < 4.78 is 67.3. The molecule has 5 aliphatic heterocycles. The van der Waals surface area contributed by atoms with Crippen molar-refractivity contribution in [3.8, 4) is 11.5 Å². The van der Waals surface area contributed by atoms with Crippen LogP contribution >= 0.6 is 15.9 Å². The molecule has 0 bridgehead atoms. The summed E-state index contributed by atoms with van der Waals surface area (Å²) in [5, 5.41) is 16.3. The van der Waals surface area contributed by atoms with E-state index < -0.39 is 0 Å². The van der Waals surface area contributed by atoms with Crippen LogP contribution in [0.3, 0.4) is 0 Å². The van der Waals surface area contributed by atoms with Gasteiger partial charge < -0.3 is 28.3 Å². The van der Waals surface area contributed by atoms with Crippen LogP contribution in [0.4, 0.5) is 8.78 Å². The van der Waals surface area contributed by atoms with Gasteiger partial charge in [-0.3, -0.25) is 8.80 Å². The lowest BCUT2D eigenvalue weighted by atomic mass is 9.75. The molecule has 0 amide bonds. The van der Waals surface area contributed by atoms with Crippen LogP contribution in [-0.2, 0) is 57.3 Å². The van der Waals surface area contributed by atoms with Crippen molar-refractivity contribution in [3.05, 3.63) is 123 Å². The van der Waals surface area contributed by atoms with E-state index in [9.17, 15) is 8.78 Å². The quantitative estimate of drug-likeness (QED) is 0.136. The molecule has 0 radical (unpaired) electrons. The Labute approximate surface area is 391 Å². The molecule has 0 N–H and O–H groups in total. The molecule has 14 nitrogen and oxygen atoms in total. The first-order chi connectivity index (χ1) is 31.8. The summed E-state index contributed by atoms with van der Waals surface area (Å²) >= 11 is 3.40. The number of benzene rings is 2. The van der Waals surface area contributed by atoms with E-state index in [1.165, 1.54) is 23.2 Å². The molecule has 9 heterocycles. The second-order valence-electron chi connectivity index (χ2n) is 18.0. The van der Waals surface area contributed by atoms with Gasteiger partial charge in [-0.2, -0.15) is 0 Å². The summed E-state index contributed by atoms with van der Waals surface area (Å²) in [5.74, 6) is 2.87. The van der Waals surface area contributed by atoms with Crippen LogP contribution in [0.5, 0.6) is 11.5 Å². The second kappa shape index (κ2) is 19.2. The Bertz CT molecular complexity index is 2800. The predicted octanol–water partition coefficient (Wildman–Crippen LogP) is 8.27. The molecule has 2 unspecified atom stereocenters. The molecule has 346 valence electrons. The van der Waals surface area contributed by atoms with Gasteiger partial charge in [-0.15, -0.1) is 20.4 Å². The highest BCUT2D eigenvalue weighted by molar-refractivity contribution is 9.10. The molecule has 66 heavy (non-hydrogen) atoms. The molecular weight excluding hydrogens is 913 g/mol. The number of aromatic nitrogens is 8. The van der Waals surface area contributed by atoms with Crippen molar-refractivity contribution in [1.82, 2.24) is 39.2 Å². The van der Waals surface area contributed by atoms with Gasteiger partial charge in [-0.05, 0) is 130 Å². The van der Waals surface area contributed by atoms with Crippen LogP contribution in [0, 0.1) is 11.6 Å². The van der Waals surface area contributed by atoms with Crippen molar-refractivity contribution in [2.24, 2.45) is 0 Å². The van der Waals surface area contributed by atoms with Crippen LogP contribution < -0.4 is 9.47 Å². The first-order valence-electron chi connectivity index (χ1n) is 22.6. The van der Waals surface area contributed by atoms with Crippen LogP contribution in [0.25, 0.3) is 16.9 Å². The molecule has 0 aliphatic carbocycles. The van der Waals surface area contributed by atoms with Crippen LogP contribution in [0.15, 0.2) is 71.4 Å². The standard InChI is InChI=1S/C21H21FN4O2.C15H12BrFN4O.C12H21BO3/c1-13-10-14(6-8-27-13)17-11-23-20(26-12-24-25-21(17)26)5-2-15-16-7-9-28-19(16)4-3-18(15)22;16-11-7-18-14(21-8-19-20-15(11)21)4-1-9-10-5-6-22-13(10)3-2-12(9)17;1-9-8-10(6-7-14-9)13-15-11(2,3)12(4,5)16-13/h3-4,10-13H,2,5-9H2,1H3;2-3,7-8H,1,4-6H2;8-9H,6-7H2,1-5H3. The van der Waals surface area contributed by atoms with Crippen LogP contribution in [-0.4, -0.2) is 96.1 Å². The van der Waals surface area contributed by atoms with E-state index in [4.69, 9.17) is 28.3 Å². The third kappa shape index (κ3) is 9.52. The Hall–Kier alpha value is -5.14. The number of halogens is 3. The summed E-state index contributed by atoms with van der Waals surface area (Å²) in [5.41, 5.74) is 7.80. The van der Waals surface area contributed by atoms with Crippen molar-refractivity contribution in [1.29, 1.82) is 0 Å². The first-order valence-corrected chi connectivity index (χ1v) is 23.4. The van der Waals surface area contributed by atoms with E-state index in [1.54, 1.807) is 31.0 Å². The fourth-order valence-electron chi connectivity index (χ4n) is 8.93. The fraction of sp³-hybridized carbons (Fsp3) is 0.458. The molecule has 2 aromatic carbocycles. The Morgan fingerprint density at radius 2 is 1.20 bits per heavy atom. The zero-order valence-electron chi connectivity index (χ0n) is 38.2. The predicted molar refractivity (Wildman–Crippen MR) is 247 cm³/mol. The summed E-state index contributed by atoms with van der Waals surface area (Å²) in [6.45, 7) is 15.1. The number of nitrogens with zero attached hydrogens (tertiary/aromatic N) is 8. The molecule has 0 saturated carbocycles. The van der Waals surface area contributed by atoms with Crippen molar-refractivity contribution >= 4 is 39.9 Å². The second-order valence-corrected chi connectivity index (χ2v) is 18.9. The van der Waals surface area contributed by atoms with E-state index in [2.05, 4.69) is 86.1 Å². The maximum Gasteiger partial charge on any atom is 0.490 e. The summed E-state index contributed by atoms with van der Waals surface area (Å²) in [6.07, 6.45) is 16.9. The number of aryl methyl sites for hydroxylation is 2. The Balaban J connectivity index is 0.000000130. The Morgan fingerprint density at radius 3 is 1.77 bits per heavy atom. The van der Waals surface area contributed by atoms with Crippen molar-refractivity contribution < 1.29 is 37.0 Å². The topological polar surface area (TPSA) is 142 Å². The third-order valence-electron chi connectivity index (χ3n) is 13.2. The largest absolute Gasteiger partial charge is 0.493 e. The smallest absolute Gasteiger partial charge is 0.490 e. The molecule has 18 heteroatoms. The van der Waals surface area contributed by atoms with Gasteiger partial charge in [0, 0.05) is 54.8 Å². The van der Waals surface area contributed by atoms with Crippen molar-refractivity contribution in [2.75, 3.05) is 26.4 Å². The molecule has 6 aromatic rings. The van der Waals surface area contributed by atoms with Gasteiger partial charge in [-0.1, -0.05) is 12.2 Å². The average molecular weight is 968 g/mol. The molecule has 5 aliphatic rings. The van der Waals surface area contributed by atoms with Crippen molar-refractivity contribution in [3.63, 3.8) is 0 Å². The van der Waals surface area contributed by atoms with Gasteiger partial charge in [0.15, 0.2) is 11.3 Å². The van der Waals surface area contributed by atoms with Crippen LogP contribution in [0.2, 0.25) is 0 Å². The minimum atomic E-state index is -0.250. The molecule has 4 aromatic heterocycles. The summed E-state index contributed by atoms with van der Waals surface area (Å²) in [6, 6.07) is 6.39. The fourth-order valence-corrected chi connectivity index (χ4v) is 9.30. The van der Waals surface area contributed by atoms with E-state index in [0.29, 0.717) is 51.2 Å². The number of ether oxygens (including phenoxy) is 4. The Kier molecular flexibility index (Phi) is 13.4. The maximum atomic E-state index is 14.4. The lowest BCUT2D eigenvalue weighted by Crippen LogP contribution is -2.41. The van der Waals surface area contributed by atoms with E-state index in [0.717, 1.165) is 93.4 Å². The summed E-state index contributed by atoms with van der Waals surface area (Å²) in [4.78, 5) is 9.06. The normalized spacial score (nSPS) is 20.3. The molecule has 2 atom stereocenters. The highest BCUT2D eigenvalue weighted by atomic mass is 79.9. The molecule has 11 rings (SSSR count). The SMILES string of the molecule is CC1C=C(B2OC(C)(C)C(C)(C)O2)CCO1.CC1C=C(c2cnc(CCc3c(F)ccc4c3CCO4)n3cnnc23)CCO1.Fc1ccc2c(c1CCc1ncc(Br)c3nncn13)CCO2. The molecule has 0 spiro atoms. The van der Waals surface area contributed by atoms with Gasteiger partial charge in [0.25, 0.3) is 0 Å². The van der Waals surface area contributed by atoms with Crippen LogP contribution in [0.1, 0.15) is 93.9 Å². The maximum absolute atomic E-state index is 14.4. The molecule has 1 fully saturated rings. The van der Waals surface area contributed by atoms with Gasteiger partial charge in [-0.25, -0.2) is 18.7 Å². The number of rotatable bonds is 8. The minimum absolute atomic E-state index is 0.0803. The molecule has 1 saturated heterocycles. The number of hydrogen-bond acceptors (Lipinski definition) is 12. The molecular formula is C48H54BBrF2N8O6. The number of fused-ring (bicyclic) bond motifs is 4. The number of hydrogen-bond donors (Lipinski definition) is 0. The van der Waals surface area contributed by atoms with Crippen molar-refractivity contribution in [2.45, 2.75) is 116 Å². The average Bonchev–Trinajstić information content (AvgIpc) is 4.16. The zero-order chi connectivity index (χ0) is 46.2. The van der Waals surface area contributed by atoms with Gasteiger partial charge in [0.05, 0.1) is 54.3 Å². The zero-order valence-corrected chi connectivity index (χ0v) is 39.7. The lowest BCUT2D eigenvalue weighted by Gasteiger charge is -2.32. The van der Waals surface area contributed by atoms with E-state index >= 15 is 0 Å². The monoisotopic (exact) mass is 966 g/mol. The lowest BCUT2D eigenvalue weighted by molar-refractivity contribution is 0.00578. The van der Waals surface area contributed by atoms with E-state index in [1.807, 2.05) is 28.8 Å². The first kappa shape index (κ1) is 46.0. The van der Waals surface area contributed by atoms with Gasteiger partial charge in [0.2, 0.25) is 0 Å². The van der Waals surface area contributed by atoms with E-state index in [-0.39, 0.29) is 42.2 Å². The van der Waals surface area contributed by atoms with Gasteiger partial charge >= 0.3 is 7.12 Å². The van der Waals surface area contributed by atoms with Gasteiger partial charge in [0.1, 0.15) is 47.4 Å². The highest BCUT2D eigenvalue weighted by Gasteiger charge is 2.52. The highest BCUT2D eigenvalue weighted by Crippen LogP contribution is 2.40.